The molecule has 33 heavy (non-hydrogen) atoms. The highest BCUT2D eigenvalue weighted by molar-refractivity contribution is 5.95. The van der Waals surface area contributed by atoms with E-state index in [-0.39, 0.29) is 30.9 Å². The summed E-state index contributed by atoms with van der Waals surface area (Å²) in [5.74, 6) is 0.885. The maximum atomic E-state index is 12.9. The van der Waals surface area contributed by atoms with Gasteiger partial charge in [-0.3, -0.25) is 14.2 Å². The van der Waals surface area contributed by atoms with Crippen LogP contribution in [0, 0.1) is 13.8 Å². The summed E-state index contributed by atoms with van der Waals surface area (Å²) < 4.78 is 46.9. The van der Waals surface area contributed by atoms with E-state index in [0.717, 1.165) is 12.1 Å². The molecule has 11 heteroatoms. The van der Waals surface area contributed by atoms with Crippen molar-refractivity contribution in [2.24, 2.45) is 0 Å². The summed E-state index contributed by atoms with van der Waals surface area (Å²) in [5, 5.41) is 7.17. The normalized spacial score (nSPS) is 11.8. The van der Waals surface area contributed by atoms with Crippen LogP contribution in [0.3, 0.4) is 0 Å². The van der Waals surface area contributed by atoms with Gasteiger partial charge < -0.3 is 9.73 Å². The molecule has 3 aromatic heterocycles. The number of nitrogens with one attached hydrogen (secondary N) is 1. The third-order valence-electron chi connectivity index (χ3n) is 5.12. The molecule has 0 aliphatic rings. The Kier molecular flexibility index (Phi) is 5.79. The van der Waals surface area contributed by atoms with Gasteiger partial charge in [0.05, 0.1) is 30.4 Å². The molecule has 0 saturated carbocycles. The number of aryl methyl sites for hydroxylation is 2. The van der Waals surface area contributed by atoms with Crippen LogP contribution in [-0.4, -0.2) is 31.8 Å². The molecule has 1 aromatic carbocycles. The van der Waals surface area contributed by atoms with E-state index in [1.165, 1.54) is 33.9 Å². The number of benzene rings is 1. The summed E-state index contributed by atoms with van der Waals surface area (Å²) >= 11 is 0. The summed E-state index contributed by atoms with van der Waals surface area (Å²) in [7, 11) is 0. The zero-order valence-electron chi connectivity index (χ0n) is 17.8. The van der Waals surface area contributed by atoms with Gasteiger partial charge in [0, 0.05) is 6.54 Å². The van der Waals surface area contributed by atoms with Crippen LogP contribution >= 0.6 is 0 Å². The van der Waals surface area contributed by atoms with Crippen LogP contribution < -0.4 is 10.9 Å². The van der Waals surface area contributed by atoms with E-state index in [2.05, 4.69) is 15.4 Å². The Bertz CT molecular complexity index is 1380. The van der Waals surface area contributed by atoms with Crippen LogP contribution in [0.5, 0.6) is 0 Å². The van der Waals surface area contributed by atoms with E-state index in [4.69, 9.17) is 4.42 Å². The van der Waals surface area contributed by atoms with E-state index in [1.54, 1.807) is 19.9 Å². The largest absolute Gasteiger partial charge is 0.466 e. The monoisotopic (exact) mass is 459 g/mol. The molecule has 3 heterocycles. The van der Waals surface area contributed by atoms with Crippen LogP contribution in [0.4, 0.5) is 13.2 Å². The predicted molar refractivity (Wildman–Crippen MR) is 113 cm³/mol. The molecular weight excluding hydrogens is 439 g/mol. The maximum absolute atomic E-state index is 12.9. The number of halogens is 3. The summed E-state index contributed by atoms with van der Waals surface area (Å²) in [5.41, 5.74) is -0.0961. The zero-order chi connectivity index (χ0) is 23.8. The standard InChI is InChI=1S/C22H20F3N5O3/c1-13-8-17(14(2)33-13)20(31)26-6-7-30-19-18(10-28-30)21(32)29(12-27-19)11-15-4-3-5-16(9-15)22(23,24)25/h3-5,8-10,12H,6-7,11H2,1-2H3,(H,26,31). The van der Waals surface area contributed by atoms with Gasteiger partial charge in [-0.2, -0.15) is 18.3 Å². The lowest BCUT2D eigenvalue weighted by Crippen LogP contribution is -2.28. The molecule has 0 radical (unpaired) electrons. The van der Waals surface area contributed by atoms with Gasteiger partial charge in [0.1, 0.15) is 23.2 Å². The average molecular weight is 459 g/mol. The lowest BCUT2D eigenvalue weighted by Gasteiger charge is -2.10. The molecule has 1 N–H and O–H groups in total. The SMILES string of the molecule is Cc1cc(C(=O)NCCn2ncc3c(=O)n(Cc4cccc(C(F)(F)F)c4)cnc32)c(C)o1. The van der Waals surface area contributed by atoms with Crippen molar-refractivity contribution >= 4 is 16.9 Å². The van der Waals surface area contributed by atoms with E-state index < -0.39 is 17.3 Å². The molecule has 8 nitrogen and oxygen atoms in total. The molecular formula is C22H20F3N5O3. The molecule has 0 spiro atoms. The Morgan fingerprint density at radius 2 is 2.00 bits per heavy atom. The number of carbonyl (C=O) groups is 1. The number of fused-ring (bicyclic) bond motifs is 1. The van der Waals surface area contributed by atoms with Crippen LogP contribution in [0.2, 0.25) is 0 Å². The average Bonchev–Trinajstić information content (AvgIpc) is 3.32. The molecule has 4 rings (SSSR count). The molecule has 0 aliphatic carbocycles. The van der Waals surface area contributed by atoms with Crippen molar-refractivity contribution in [2.45, 2.75) is 33.1 Å². The fourth-order valence-corrected chi connectivity index (χ4v) is 3.54. The molecule has 0 unspecified atom stereocenters. The lowest BCUT2D eigenvalue weighted by molar-refractivity contribution is -0.137. The van der Waals surface area contributed by atoms with Crippen molar-refractivity contribution < 1.29 is 22.4 Å². The first kappa shape index (κ1) is 22.3. The van der Waals surface area contributed by atoms with Crippen molar-refractivity contribution in [1.82, 2.24) is 24.6 Å². The van der Waals surface area contributed by atoms with Crippen LogP contribution in [-0.2, 0) is 19.3 Å². The Balaban J connectivity index is 1.47. The lowest BCUT2D eigenvalue weighted by atomic mass is 10.1. The number of hydrogen-bond donors (Lipinski definition) is 1. The first-order valence-electron chi connectivity index (χ1n) is 10.1. The minimum Gasteiger partial charge on any atom is -0.466 e. The third-order valence-corrected chi connectivity index (χ3v) is 5.12. The van der Waals surface area contributed by atoms with Crippen molar-refractivity contribution in [3.63, 3.8) is 0 Å². The van der Waals surface area contributed by atoms with Gasteiger partial charge >= 0.3 is 6.18 Å². The highest BCUT2D eigenvalue weighted by Crippen LogP contribution is 2.29. The smallest absolute Gasteiger partial charge is 0.416 e. The van der Waals surface area contributed by atoms with Gasteiger partial charge in [-0.1, -0.05) is 12.1 Å². The zero-order valence-corrected chi connectivity index (χ0v) is 17.8. The van der Waals surface area contributed by atoms with Gasteiger partial charge in [0.15, 0.2) is 5.65 Å². The molecule has 172 valence electrons. The second-order valence-corrected chi connectivity index (χ2v) is 7.56. The summed E-state index contributed by atoms with van der Waals surface area (Å²) in [6.07, 6.45) is -1.83. The molecule has 0 fully saturated rings. The van der Waals surface area contributed by atoms with Gasteiger partial charge in [-0.15, -0.1) is 0 Å². The van der Waals surface area contributed by atoms with Crippen molar-refractivity contribution in [1.29, 1.82) is 0 Å². The van der Waals surface area contributed by atoms with Gasteiger partial charge in [0.2, 0.25) is 0 Å². The number of hydrogen-bond acceptors (Lipinski definition) is 5. The third kappa shape index (κ3) is 4.66. The van der Waals surface area contributed by atoms with E-state index in [0.29, 0.717) is 28.3 Å². The van der Waals surface area contributed by atoms with Crippen molar-refractivity contribution in [3.8, 4) is 0 Å². The molecule has 0 aliphatic heterocycles. The van der Waals surface area contributed by atoms with E-state index in [1.807, 2.05) is 0 Å². The quantitative estimate of drug-likeness (QED) is 0.478. The van der Waals surface area contributed by atoms with Gasteiger partial charge in [-0.25, -0.2) is 9.67 Å². The Labute approximate surface area is 185 Å². The van der Waals surface area contributed by atoms with Crippen LogP contribution in [0.1, 0.15) is 33.0 Å². The molecule has 0 bridgehead atoms. The molecule has 1 amide bonds. The van der Waals surface area contributed by atoms with Crippen LogP contribution in [0.25, 0.3) is 11.0 Å². The highest BCUT2D eigenvalue weighted by Gasteiger charge is 2.30. The minimum absolute atomic E-state index is 0.0591. The first-order chi connectivity index (χ1) is 15.6. The number of furan rings is 1. The summed E-state index contributed by atoms with van der Waals surface area (Å²) in [4.78, 5) is 29.3. The second kappa shape index (κ2) is 8.57. The van der Waals surface area contributed by atoms with Crippen LogP contribution in [0.15, 0.2) is 52.1 Å². The number of alkyl halides is 3. The maximum Gasteiger partial charge on any atom is 0.416 e. The fourth-order valence-electron chi connectivity index (χ4n) is 3.54. The number of carbonyl (C=O) groups excluding carboxylic acids is 1. The number of aromatic nitrogens is 4. The fraction of sp³-hybridized carbons (Fsp3) is 0.273. The molecule has 4 aromatic rings. The number of nitrogens with zero attached hydrogens (tertiary/aromatic N) is 4. The van der Waals surface area contributed by atoms with Crippen molar-refractivity contribution in [2.75, 3.05) is 6.54 Å². The van der Waals surface area contributed by atoms with E-state index in [9.17, 15) is 22.8 Å². The summed E-state index contributed by atoms with van der Waals surface area (Å²) in [6, 6.07) is 6.45. The molecule has 0 saturated heterocycles. The number of amides is 1. The summed E-state index contributed by atoms with van der Waals surface area (Å²) in [6.45, 7) is 3.92. The van der Waals surface area contributed by atoms with Crippen molar-refractivity contribution in [3.05, 3.63) is 81.4 Å². The van der Waals surface area contributed by atoms with E-state index >= 15 is 0 Å². The number of rotatable bonds is 6. The van der Waals surface area contributed by atoms with Gasteiger partial charge in [0.25, 0.3) is 11.5 Å². The second-order valence-electron chi connectivity index (χ2n) is 7.56. The highest BCUT2D eigenvalue weighted by atomic mass is 19.4. The van der Waals surface area contributed by atoms with Gasteiger partial charge in [-0.05, 0) is 37.6 Å². The molecule has 0 atom stereocenters. The Hall–Kier alpha value is -3.89. The Morgan fingerprint density at radius 3 is 2.70 bits per heavy atom. The minimum atomic E-state index is -4.46. The predicted octanol–water partition coefficient (Wildman–Crippen LogP) is 3.30. The first-order valence-corrected chi connectivity index (χ1v) is 10.1. The Morgan fingerprint density at radius 1 is 1.21 bits per heavy atom. The topological polar surface area (TPSA) is 95.0 Å².